The van der Waals surface area contributed by atoms with E-state index in [1.807, 2.05) is 13.8 Å². The second-order valence-electron chi connectivity index (χ2n) is 5.50. The van der Waals surface area contributed by atoms with Crippen LogP contribution < -0.4 is 10.6 Å². The number of aryl methyl sites for hydroxylation is 1. The Hall–Kier alpha value is -2.38. The molecule has 0 aliphatic heterocycles. The van der Waals surface area contributed by atoms with Gasteiger partial charge in [0, 0.05) is 17.8 Å². The predicted octanol–water partition coefficient (Wildman–Crippen LogP) is 4.90. The van der Waals surface area contributed by atoms with Crippen LogP contribution in [0.15, 0.2) is 24.3 Å². The van der Waals surface area contributed by atoms with Crippen molar-refractivity contribution in [3.05, 3.63) is 41.3 Å². The van der Waals surface area contributed by atoms with Crippen molar-refractivity contribution in [1.82, 2.24) is 9.97 Å². The van der Waals surface area contributed by atoms with Gasteiger partial charge in [-0.25, -0.2) is 9.37 Å². The van der Waals surface area contributed by atoms with Crippen molar-refractivity contribution in [3.63, 3.8) is 0 Å². The third-order valence-corrected chi connectivity index (χ3v) is 3.45. The molecule has 1 aromatic carbocycles. The molecule has 1 heterocycles. The first-order valence-corrected chi connectivity index (χ1v) is 7.45. The van der Waals surface area contributed by atoms with Crippen molar-refractivity contribution in [2.24, 2.45) is 0 Å². The van der Waals surface area contributed by atoms with Gasteiger partial charge in [-0.15, -0.1) is 0 Å². The normalized spacial score (nSPS) is 12.8. The highest BCUT2D eigenvalue weighted by molar-refractivity contribution is 5.58. The highest BCUT2D eigenvalue weighted by atomic mass is 19.4. The van der Waals surface area contributed by atoms with Crippen LogP contribution in [0.3, 0.4) is 0 Å². The number of nitrogens with zero attached hydrogens (tertiary/aromatic N) is 2. The minimum atomic E-state index is -4.61. The Labute approximate surface area is 137 Å². The first-order valence-electron chi connectivity index (χ1n) is 7.45. The number of nitrogens with one attached hydrogen (secondary N) is 2. The summed E-state index contributed by atoms with van der Waals surface area (Å²) >= 11 is 0. The van der Waals surface area contributed by atoms with E-state index in [0.717, 1.165) is 6.07 Å². The summed E-state index contributed by atoms with van der Waals surface area (Å²) in [4.78, 5) is 7.53. The van der Waals surface area contributed by atoms with Crippen molar-refractivity contribution in [2.45, 2.75) is 39.4 Å². The zero-order valence-electron chi connectivity index (χ0n) is 13.5. The Balaban J connectivity index is 2.36. The molecule has 4 nitrogen and oxygen atoms in total. The molecule has 2 aromatic rings. The summed E-state index contributed by atoms with van der Waals surface area (Å²) in [6.45, 7) is 5.30. The minimum Gasteiger partial charge on any atom is -0.352 e. The van der Waals surface area contributed by atoms with E-state index in [2.05, 4.69) is 20.6 Å². The van der Waals surface area contributed by atoms with Gasteiger partial charge < -0.3 is 10.6 Å². The van der Waals surface area contributed by atoms with Crippen molar-refractivity contribution >= 4 is 17.5 Å². The second-order valence-corrected chi connectivity index (χ2v) is 5.50. The maximum atomic E-state index is 13.6. The van der Waals surface area contributed by atoms with Gasteiger partial charge >= 0.3 is 6.18 Å². The first-order chi connectivity index (χ1) is 11.2. The lowest BCUT2D eigenvalue weighted by atomic mass is 10.2. The molecule has 24 heavy (non-hydrogen) atoms. The Morgan fingerprint density at radius 3 is 2.46 bits per heavy atom. The third-order valence-electron chi connectivity index (χ3n) is 3.45. The molecule has 1 aromatic heterocycles. The average molecular weight is 342 g/mol. The number of alkyl halides is 3. The van der Waals surface area contributed by atoms with E-state index in [4.69, 9.17) is 0 Å². The molecule has 0 amide bonds. The fourth-order valence-electron chi connectivity index (χ4n) is 1.86. The minimum absolute atomic E-state index is 0.0635. The fourth-order valence-corrected chi connectivity index (χ4v) is 1.86. The van der Waals surface area contributed by atoms with E-state index in [0.29, 0.717) is 17.7 Å². The number of hydrogen-bond donors (Lipinski definition) is 2. The van der Waals surface area contributed by atoms with Crippen LogP contribution in [0.25, 0.3) is 0 Å². The second kappa shape index (κ2) is 7.02. The van der Waals surface area contributed by atoms with Crippen molar-refractivity contribution in [2.75, 3.05) is 10.6 Å². The highest BCUT2D eigenvalue weighted by Crippen LogP contribution is 2.30. The molecule has 8 heteroatoms. The van der Waals surface area contributed by atoms with Crippen LogP contribution in [0, 0.1) is 12.7 Å². The average Bonchev–Trinajstić information content (AvgIpc) is 2.49. The summed E-state index contributed by atoms with van der Waals surface area (Å²) in [7, 11) is 0. The largest absolute Gasteiger partial charge is 0.433 e. The van der Waals surface area contributed by atoms with Crippen molar-refractivity contribution < 1.29 is 17.6 Å². The Morgan fingerprint density at radius 2 is 1.88 bits per heavy atom. The van der Waals surface area contributed by atoms with Gasteiger partial charge in [-0.3, -0.25) is 0 Å². The van der Waals surface area contributed by atoms with E-state index < -0.39 is 17.7 Å². The van der Waals surface area contributed by atoms with Gasteiger partial charge in [-0.2, -0.15) is 18.2 Å². The Morgan fingerprint density at radius 1 is 1.17 bits per heavy atom. The molecule has 2 rings (SSSR count). The van der Waals surface area contributed by atoms with E-state index in [1.54, 1.807) is 13.0 Å². The van der Waals surface area contributed by atoms with Gasteiger partial charge in [0.25, 0.3) is 0 Å². The molecule has 0 unspecified atom stereocenters. The molecule has 0 aliphatic carbocycles. The van der Waals surface area contributed by atoms with Crippen molar-refractivity contribution in [3.8, 4) is 0 Å². The zero-order chi connectivity index (χ0) is 17.9. The van der Waals surface area contributed by atoms with E-state index >= 15 is 0 Å². The topological polar surface area (TPSA) is 49.8 Å². The van der Waals surface area contributed by atoms with Gasteiger partial charge in [-0.1, -0.05) is 13.0 Å². The number of anilines is 3. The lowest BCUT2D eigenvalue weighted by molar-refractivity contribution is -0.141. The number of benzene rings is 1. The summed E-state index contributed by atoms with van der Waals surface area (Å²) in [5, 5.41) is 5.50. The molecule has 0 saturated carbocycles. The number of hydrogen-bond acceptors (Lipinski definition) is 4. The van der Waals surface area contributed by atoms with Gasteiger partial charge in [0.1, 0.15) is 11.6 Å². The Bertz CT molecular complexity index is 716. The van der Waals surface area contributed by atoms with Crippen LogP contribution in [0.5, 0.6) is 0 Å². The lowest BCUT2D eigenvalue weighted by Crippen LogP contribution is -2.18. The SMILES string of the molecule is CC[C@H](C)Nc1nc(Nc2ccc(C)c(F)c2)cc(C(F)(F)F)n1. The monoisotopic (exact) mass is 342 g/mol. The van der Waals surface area contributed by atoms with Crippen LogP contribution in [0.4, 0.5) is 35.0 Å². The molecule has 130 valence electrons. The quantitative estimate of drug-likeness (QED) is 0.759. The van der Waals surface area contributed by atoms with Crippen LogP contribution in [-0.4, -0.2) is 16.0 Å². The number of aromatic nitrogens is 2. The third kappa shape index (κ3) is 4.56. The first kappa shape index (κ1) is 18.0. The molecular formula is C16H18F4N4. The standard InChI is InChI=1S/C16H18F4N4/c1-4-10(3)21-15-23-13(16(18,19)20)8-14(24-15)22-11-6-5-9(2)12(17)7-11/h5-8,10H,4H2,1-3H3,(H2,21,22,23,24)/t10-/m0/s1. The van der Waals surface area contributed by atoms with Gasteiger partial charge in [0.2, 0.25) is 5.95 Å². The molecular weight excluding hydrogens is 324 g/mol. The molecule has 0 bridgehead atoms. The molecule has 0 fully saturated rings. The predicted molar refractivity (Wildman–Crippen MR) is 84.8 cm³/mol. The van der Waals surface area contributed by atoms with Crippen molar-refractivity contribution in [1.29, 1.82) is 0 Å². The molecule has 0 aliphatic rings. The lowest BCUT2D eigenvalue weighted by Gasteiger charge is -2.15. The fraction of sp³-hybridized carbons (Fsp3) is 0.375. The van der Waals surface area contributed by atoms with Gasteiger partial charge in [0.05, 0.1) is 0 Å². The molecule has 2 N–H and O–H groups in total. The zero-order valence-corrected chi connectivity index (χ0v) is 13.5. The van der Waals surface area contributed by atoms with Gasteiger partial charge in [-0.05, 0) is 38.0 Å². The maximum absolute atomic E-state index is 13.6. The van der Waals surface area contributed by atoms with Crippen LogP contribution in [-0.2, 0) is 6.18 Å². The molecule has 1 atom stereocenters. The number of halogens is 4. The molecule has 0 radical (unpaired) electrons. The van der Waals surface area contributed by atoms with Crippen LogP contribution >= 0.6 is 0 Å². The van der Waals surface area contributed by atoms with Crippen LogP contribution in [0.1, 0.15) is 31.5 Å². The summed E-state index contributed by atoms with van der Waals surface area (Å²) in [5.41, 5.74) is -0.323. The van der Waals surface area contributed by atoms with E-state index in [1.165, 1.54) is 12.1 Å². The molecule has 0 spiro atoms. The van der Waals surface area contributed by atoms with Gasteiger partial charge in [0.15, 0.2) is 5.69 Å². The van der Waals surface area contributed by atoms with E-state index in [9.17, 15) is 17.6 Å². The van der Waals surface area contributed by atoms with Crippen LogP contribution in [0.2, 0.25) is 0 Å². The summed E-state index contributed by atoms with van der Waals surface area (Å²) in [6.07, 6.45) is -3.91. The molecule has 0 saturated heterocycles. The summed E-state index contributed by atoms with van der Waals surface area (Å²) in [5.74, 6) is -0.649. The summed E-state index contributed by atoms with van der Waals surface area (Å²) in [6, 6.07) is 5.00. The highest BCUT2D eigenvalue weighted by Gasteiger charge is 2.33. The van der Waals surface area contributed by atoms with E-state index in [-0.39, 0.29) is 17.8 Å². The Kier molecular flexibility index (Phi) is 5.26. The maximum Gasteiger partial charge on any atom is 0.433 e. The summed E-state index contributed by atoms with van der Waals surface area (Å²) < 4.78 is 52.6. The smallest absolute Gasteiger partial charge is 0.352 e. The number of rotatable bonds is 5.